The van der Waals surface area contributed by atoms with Crippen LogP contribution >= 0.6 is 0 Å². The number of esters is 1. The van der Waals surface area contributed by atoms with Crippen LogP contribution in [0.1, 0.15) is 72.3 Å². The number of nitrogens with zero attached hydrogens (tertiary/aromatic N) is 2. The van der Waals surface area contributed by atoms with Gasteiger partial charge in [0.1, 0.15) is 18.5 Å². The van der Waals surface area contributed by atoms with E-state index in [0.29, 0.717) is 18.1 Å². The first-order chi connectivity index (χ1) is 19.5. The Morgan fingerprint density at radius 3 is 2.23 bits per heavy atom. The van der Waals surface area contributed by atoms with Gasteiger partial charge in [-0.1, -0.05) is 86.0 Å². The second-order valence-electron chi connectivity index (χ2n) is 11.8. The first-order valence-corrected chi connectivity index (χ1v) is 15.0. The number of ether oxygens (including phenoxy) is 2. The largest absolute Gasteiger partial charge is 0.489 e. The zero-order valence-corrected chi connectivity index (χ0v) is 24.1. The summed E-state index contributed by atoms with van der Waals surface area (Å²) in [6.07, 6.45) is 7.98. The molecule has 3 aromatic carbocycles. The first kappa shape index (κ1) is 28.4. The fourth-order valence-corrected chi connectivity index (χ4v) is 6.41. The van der Waals surface area contributed by atoms with Crippen molar-refractivity contribution in [3.8, 4) is 5.75 Å². The Kier molecular flexibility index (Phi) is 9.56. The van der Waals surface area contributed by atoms with Gasteiger partial charge >= 0.3 is 5.97 Å². The Morgan fingerprint density at radius 2 is 1.57 bits per heavy atom. The molecule has 1 saturated carbocycles. The molecule has 1 atom stereocenters. The van der Waals surface area contributed by atoms with Gasteiger partial charge in [0.2, 0.25) is 0 Å². The van der Waals surface area contributed by atoms with E-state index in [2.05, 4.69) is 84.6 Å². The minimum atomic E-state index is -0.268. The lowest BCUT2D eigenvalue weighted by atomic mass is 9.81. The van der Waals surface area contributed by atoms with Crippen molar-refractivity contribution in [1.29, 1.82) is 0 Å². The molecule has 2 fully saturated rings. The normalized spacial score (nSPS) is 19.4. The van der Waals surface area contributed by atoms with Gasteiger partial charge in [0.05, 0.1) is 11.1 Å². The van der Waals surface area contributed by atoms with Crippen LogP contribution < -0.4 is 4.74 Å². The number of carbonyl (C=O) groups excluding carboxylic acids is 1. The summed E-state index contributed by atoms with van der Waals surface area (Å²) in [6.45, 7) is 3.32. The van der Waals surface area contributed by atoms with Crippen molar-refractivity contribution in [2.45, 2.75) is 62.5 Å². The highest BCUT2D eigenvalue weighted by Gasteiger charge is 2.36. The van der Waals surface area contributed by atoms with E-state index in [0.717, 1.165) is 51.1 Å². The van der Waals surface area contributed by atoms with Crippen LogP contribution in [0.5, 0.6) is 5.75 Å². The van der Waals surface area contributed by atoms with Crippen molar-refractivity contribution < 1.29 is 14.3 Å². The van der Waals surface area contributed by atoms with E-state index in [1.807, 2.05) is 24.3 Å². The summed E-state index contributed by atoms with van der Waals surface area (Å²) >= 11 is 0. The van der Waals surface area contributed by atoms with Crippen LogP contribution in [0, 0.1) is 0 Å². The number of likely N-dealkylation sites (N-methyl/N-ethyl adjacent to an activating group) is 1. The lowest BCUT2D eigenvalue weighted by molar-refractivity contribution is 0.000758. The second-order valence-corrected chi connectivity index (χ2v) is 11.8. The average molecular weight is 541 g/mol. The molecule has 5 nitrogen and oxygen atoms in total. The molecule has 0 spiro atoms. The average Bonchev–Trinajstić information content (AvgIpc) is 3.00. The van der Waals surface area contributed by atoms with Crippen molar-refractivity contribution in [1.82, 2.24) is 9.80 Å². The SMILES string of the molecule is CN(C)C1(COC(=O)c2cccc(OC3CCCN(CC(c4ccccc4)c4ccccc4)C3)c2)CCCCC1. The van der Waals surface area contributed by atoms with Crippen molar-refractivity contribution in [3.05, 3.63) is 102 Å². The molecule has 1 aliphatic carbocycles. The second kappa shape index (κ2) is 13.5. The van der Waals surface area contributed by atoms with Gasteiger partial charge in [-0.25, -0.2) is 4.79 Å². The molecule has 212 valence electrons. The van der Waals surface area contributed by atoms with E-state index in [9.17, 15) is 4.79 Å². The smallest absolute Gasteiger partial charge is 0.338 e. The Labute approximate surface area is 240 Å². The van der Waals surface area contributed by atoms with Crippen LogP contribution in [-0.2, 0) is 4.74 Å². The highest BCUT2D eigenvalue weighted by Crippen LogP contribution is 2.33. The fourth-order valence-electron chi connectivity index (χ4n) is 6.41. The number of rotatable bonds is 10. The number of hydrogen-bond acceptors (Lipinski definition) is 5. The standard InChI is InChI=1S/C35H44N2O3/c1-36(2)35(21-10-5-11-22-35)27-39-34(38)30-18-12-19-31(24-30)40-32-20-13-23-37(25-32)26-33(28-14-6-3-7-15-28)29-16-8-4-9-17-29/h3-4,6-9,12,14-19,24,32-33H,5,10-11,13,20-23,25-27H2,1-2H3. The molecule has 1 heterocycles. The van der Waals surface area contributed by atoms with Gasteiger partial charge in [0.25, 0.3) is 0 Å². The highest BCUT2D eigenvalue weighted by atomic mass is 16.5. The first-order valence-electron chi connectivity index (χ1n) is 15.0. The van der Waals surface area contributed by atoms with Crippen molar-refractivity contribution >= 4 is 5.97 Å². The van der Waals surface area contributed by atoms with Gasteiger partial charge < -0.3 is 14.4 Å². The molecule has 40 heavy (non-hydrogen) atoms. The third-order valence-corrected chi connectivity index (χ3v) is 8.88. The molecule has 1 aliphatic heterocycles. The van der Waals surface area contributed by atoms with E-state index < -0.39 is 0 Å². The number of likely N-dealkylation sites (tertiary alicyclic amines) is 1. The number of benzene rings is 3. The van der Waals surface area contributed by atoms with Crippen LogP contribution in [0.2, 0.25) is 0 Å². The number of piperidine rings is 1. The van der Waals surface area contributed by atoms with Crippen molar-refractivity contribution in [2.75, 3.05) is 40.3 Å². The minimum Gasteiger partial charge on any atom is -0.489 e. The van der Waals surface area contributed by atoms with E-state index in [-0.39, 0.29) is 17.6 Å². The third kappa shape index (κ3) is 7.13. The Bertz CT molecular complexity index is 1170. The maximum Gasteiger partial charge on any atom is 0.338 e. The van der Waals surface area contributed by atoms with Crippen LogP contribution in [0.4, 0.5) is 0 Å². The van der Waals surface area contributed by atoms with E-state index in [1.165, 1.54) is 30.4 Å². The van der Waals surface area contributed by atoms with Gasteiger partial charge in [0, 0.05) is 19.0 Å². The molecule has 1 unspecified atom stereocenters. The highest BCUT2D eigenvalue weighted by molar-refractivity contribution is 5.89. The van der Waals surface area contributed by atoms with Gasteiger partial charge in [-0.3, -0.25) is 4.90 Å². The summed E-state index contributed by atoms with van der Waals surface area (Å²) in [5.41, 5.74) is 3.19. The maximum atomic E-state index is 13.0. The lowest BCUT2D eigenvalue weighted by Gasteiger charge is -2.42. The van der Waals surface area contributed by atoms with Crippen LogP contribution in [0.15, 0.2) is 84.9 Å². The molecule has 5 heteroatoms. The molecular weight excluding hydrogens is 496 g/mol. The summed E-state index contributed by atoms with van der Waals surface area (Å²) in [7, 11) is 4.20. The monoisotopic (exact) mass is 540 g/mol. The van der Waals surface area contributed by atoms with Crippen molar-refractivity contribution in [2.24, 2.45) is 0 Å². The topological polar surface area (TPSA) is 42.0 Å². The predicted molar refractivity (Wildman–Crippen MR) is 161 cm³/mol. The number of carbonyl (C=O) groups is 1. The van der Waals surface area contributed by atoms with Gasteiger partial charge in [-0.15, -0.1) is 0 Å². The zero-order valence-electron chi connectivity index (χ0n) is 24.1. The molecule has 0 amide bonds. The van der Waals surface area contributed by atoms with Crippen LogP contribution in [-0.4, -0.2) is 67.7 Å². The maximum absolute atomic E-state index is 13.0. The van der Waals surface area contributed by atoms with Crippen LogP contribution in [0.3, 0.4) is 0 Å². The molecule has 0 aromatic heterocycles. The molecule has 0 radical (unpaired) electrons. The minimum absolute atomic E-state index is 0.0507. The Hall–Kier alpha value is -3.15. The summed E-state index contributed by atoms with van der Waals surface area (Å²) in [4.78, 5) is 17.8. The van der Waals surface area contributed by atoms with E-state index >= 15 is 0 Å². The molecule has 0 N–H and O–H groups in total. The molecule has 1 saturated heterocycles. The molecule has 5 rings (SSSR count). The molecule has 0 bridgehead atoms. The summed E-state index contributed by atoms with van der Waals surface area (Å²) in [5, 5.41) is 0. The van der Waals surface area contributed by atoms with Gasteiger partial charge in [-0.2, -0.15) is 0 Å². The zero-order chi connectivity index (χ0) is 27.8. The lowest BCUT2D eigenvalue weighted by Crippen LogP contribution is -2.50. The quantitative estimate of drug-likeness (QED) is 0.265. The fraction of sp³-hybridized carbons (Fsp3) is 0.457. The van der Waals surface area contributed by atoms with E-state index in [4.69, 9.17) is 9.47 Å². The third-order valence-electron chi connectivity index (χ3n) is 8.88. The molecule has 3 aromatic rings. The molecular formula is C35H44N2O3. The van der Waals surface area contributed by atoms with Crippen LogP contribution in [0.25, 0.3) is 0 Å². The number of hydrogen-bond donors (Lipinski definition) is 0. The summed E-state index contributed by atoms with van der Waals surface area (Å²) in [5.74, 6) is 0.786. The van der Waals surface area contributed by atoms with E-state index in [1.54, 1.807) is 0 Å². The summed E-state index contributed by atoms with van der Waals surface area (Å²) < 4.78 is 12.3. The Balaban J connectivity index is 1.20. The summed E-state index contributed by atoms with van der Waals surface area (Å²) in [6, 6.07) is 29.1. The predicted octanol–water partition coefficient (Wildman–Crippen LogP) is 6.78. The van der Waals surface area contributed by atoms with Gasteiger partial charge in [0.15, 0.2) is 0 Å². The molecule has 2 aliphatic rings. The van der Waals surface area contributed by atoms with Gasteiger partial charge in [-0.05, 0) is 75.6 Å². The Morgan fingerprint density at radius 1 is 0.900 bits per heavy atom. The van der Waals surface area contributed by atoms with Crippen molar-refractivity contribution in [3.63, 3.8) is 0 Å².